The third kappa shape index (κ3) is 11.4. The fourth-order valence-corrected chi connectivity index (χ4v) is 9.45. The van der Waals surface area contributed by atoms with Crippen LogP contribution < -0.4 is 46.7 Å². The first-order chi connectivity index (χ1) is 35.3. The SMILES string of the molecule is CCc1ccc(Nc2nc(N)c3ncn([C@@H]4O[C@H](CNS(=O)(=O)NC(=O)c5ccccc5N)[C@@H](O)[C@H]4O)c3n2)cc1.CNc1ncnc2c1ncn2[C@@H]1O[C@H](CNS(=O)(=O)NC(=O)c2ccccc2N)[C@@H](O)[C@H]1O. The lowest BCUT2D eigenvalue weighted by atomic mass is 10.1. The molecule has 0 saturated carbocycles. The van der Waals surface area contributed by atoms with E-state index >= 15 is 0 Å². The number of aryl methyl sites for hydroxylation is 1. The number of carbonyl (C=O) groups excluding carboxylic acids is 2. The van der Waals surface area contributed by atoms with Crippen LogP contribution in [0.25, 0.3) is 22.3 Å². The lowest BCUT2D eigenvalue weighted by Gasteiger charge is -2.17. The van der Waals surface area contributed by atoms with Gasteiger partial charge in [-0.05, 0) is 48.4 Å². The third-order valence-corrected chi connectivity index (χ3v) is 13.7. The van der Waals surface area contributed by atoms with Gasteiger partial charge < -0.3 is 57.7 Å². The van der Waals surface area contributed by atoms with Crippen LogP contribution in [0.1, 0.15) is 45.7 Å². The van der Waals surface area contributed by atoms with Gasteiger partial charge in [0.2, 0.25) is 5.95 Å². The van der Waals surface area contributed by atoms with Crippen LogP contribution in [-0.4, -0.2) is 145 Å². The molecule has 2 saturated heterocycles. The van der Waals surface area contributed by atoms with E-state index in [-0.39, 0.29) is 45.4 Å². The van der Waals surface area contributed by atoms with Crippen molar-refractivity contribution in [2.24, 2.45) is 0 Å². The molecule has 74 heavy (non-hydrogen) atoms. The average molecular weight is 1060 g/mol. The predicted octanol–water partition coefficient (Wildman–Crippen LogP) is -1.49. The molecule has 2 aliphatic rings. The molecular weight excluding hydrogens is 1010 g/mol. The Morgan fingerprint density at radius 1 is 0.649 bits per heavy atom. The Labute approximate surface area is 420 Å². The van der Waals surface area contributed by atoms with E-state index in [1.807, 2.05) is 33.7 Å². The Balaban J connectivity index is 0.000000202. The van der Waals surface area contributed by atoms with Crippen molar-refractivity contribution in [3.05, 3.63) is 108 Å². The second-order valence-corrected chi connectivity index (χ2v) is 19.6. The van der Waals surface area contributed by atoms with Crippen LogP contribution in [0.3, 0.4) is 0 Å². The number of nitrogens with two attached hydrogens (primary N) is 3. The lowest BCUT2D eigenvalue weighted by Crippen LogP contribution is -2.45. The third-order valence-electron chi connectivity index (χ3n) is 11.7. The number of nitrogens with one attached hydrogen (secondary N) is 6. The van der Waals surface area contributed by atoms with Gasteiger partial charge in [0.1, 0.15) is 54.0 Å². The van der Waals surface area contributed by atoms with Crippen LogP contribution >= 0.6 is 0 Å². The topological polar surface area (TPSA) is 439 Å². The van der Waals surface area contributed by atoms with E-state index in [1.54, 1.807) is 25.2 Å². The molecule has 2 amide bonds. The monoisotopic (exact) mass is 1060 g/mol. The number of hydrogen-bond acceptors (Lipinski definition) is 23. The maximum atomic E-state index is 12.5. The van der Waals surface area contributed by atoms with Crippen LogP contribution in [-0.2, 0) is 36.3 Å². The fraction of sp³-hybridized carbons (Fsp3) is 0.302. The van der Waals surface area contributed by atoms with E-state index in [2.05, 4.69) is 56.9 Å². The molecule has 3 aromatic carbocycles. The Bertz CT molecular complexity index is 3400. The molecule has 31 heteroatoms. The van der Waals surface area contributed by atoms with Gasteiger partial charge in [0.15, 0.2) is 35.4 Å². The molecule has 29 nitrogen and oxygen atoms in total. The summed E-state index contributed by atoms with van der Waals surface area (Å²) in [5.74, 6) is -1.14. The number of aliphatic hydroxyl groups excluding tert-OH is 4. The number of imidazole rings is 2. The maximum absolute atomic E-state index is 12.5. The molecule has 0 radical (unpaired) electrons. The molecule has 0 unspecified atom stereocenters. The van der Waals surface area contributed by atoms with Crippen molar-refractivity contribution in [3.63, 3.8) is 0 Å². The predicted molar refractivity (Wildman–Crippen MR) is 266 cm³/mol. The number of benzene rings is 3. The second-order valence-electron chi connectivity index (χ2n) is 16.6. The van der Waals surface area contributed by atoms with E-state index < -0.39 is 94.4 Å². The summed E-state index contributed by atoms with van der Waals surface area (Å²) in [5, 5.41) is 48.2. The highest BCUT2D eigenvalue weighted by Crippen LogP contribution is 2.34. The molecule has 9 rings (SSSR count). The van der Waals surface area contributed by atoms with Crippen molar-refractivity contribution in [3.8, 4) is 0 Å². The van der Waals surface area contributed by atoms with Crippen LogP contribution in [0.4, 0.5) is 34.6 Å². The van der Waals surface area contributed by atoms with Gasteiger partial charge in [-0.1, -0.05) is 43.3 Å². The van der Waals surface area contributed by atoms with Crippen molar-refractivity contribution in [2.45, 2.75) is 62.4 Å². The Kier molecular flexibility index (Phi) is 15.5. The number of rotatable bonds is 16. The quantitative estimate of drug-likeness (QED) is 0.0491. The van der Waals surface area contributed by atoms with Gasteiger partial charge in [0, 0.05) is 37.2 Å². The van der Waals surface area contributed by atoms with Gasteiger partial charge >= 0.3 is 20.4 Å². The number of nitrogen functional groups attached to an aromatic ring is 3. The molecule has 7 aromatic rings. The van der Waals surface area contributed by atoms with Crippen molar-refractivity contribution in [1.82, 2.24) is 57.9 Å². The molecule has 8 atom stereocenters. The standard InChI is InChI=1S/C25H29N9O6S.C18H22N8O6S/c1-2-13-7-9-14(10-8-13)30-25-31-21(27)18-22(32-25)34(12-28-18)24-20(36)19(35)17(40-24)11-29-41(38,39)33-23(37)15-5-3-4-6-16(15)26;1-20-15-12-16(22-7-21-15)26(8-23-12)18-14(28)13(27)11(32-18)6-24-33(30,31)25-17(29)9-4-2-3-5-10(9)19/h3-10,12,17,19-20,24,29,35-36H,2,11,26H2,1H3,(H,33,37)(H3,27,30,31,32);2-5,7-8,11,13-14,18,24,27-28H,6,19H2,1H3,(H,25,29)(H,20,21,22)/t17-,19-,20-,24-;11-,13-,14-,18-/m11/s1. The van der Waals surface area contributed by atoms with Gasteiger partial charge in [0.25, 0.3) is 11.8 Å². The number of amides is 2. The fourth-order valence-electron chi connectivity index (χ4n) is 7.83. The molecular formula is C43H51N17O12S2. The summed E-state index contributed by atoms with van der Waals surface area (Å²) in [7, 11) is -7.02. The number of aromatic nitrogens is 8. The first-order valence-corrected chi connectivity index (χ1v) is 25.3. The summed E-state index contributed by atoms with van der Waals surface area (Å²) >= 11 is 0. The Morgan fingerprint density at radius 2 is 1.15 bits per heavy atom. The van der Waals surface area contributed by atoms with E-state index in [4.69, 9.17) is 26.7 Å². The summed E-state index contributed by atoms with van der Waals surface area (Å²) in [5.41, 5.74) is 20.8. The molecule has 0 spiro atoms. The van der Waals surface area contributed by atoms with E-state index in [0.29, 0.717) is 17.0 Å². The van der Waals surface area contributed by atoms with Gasteiger partial charge in [0.05, 0.1) is 23.8 Å². The summed E-state index contributed by atoms with van der Waals surface area (Å²) in [6.07, 6.45) is -5.48. The number of hydrogen-bond donors (Lipinski definition) is 13. The Morgan fingerprint density at radius 3 is 1.65 bits per heavy atom. The minimum absolute atomic E-state index is 0.00886. The normalized spacial score (nSPS) is 21.8. The van der Waals surface area contributed by atoms with Gasteiger partial charge in [-0.2, -0.15) is 36.2 Å². The van der Waals surface area contributed by atoms with Gasteiger partial charge in [-0.3, -0.25) is 18.7 Å². The minimum Gasteiger partial charge on any atom is -0.398 e. The molecule has 6 heterocycles. The van der Waals surface area contributed by atoms with Gasteiger partial charge in [-0.25, -0.2) is 29.4 Å². The van der Waals surface area contributed by atoms with Crippen molar-refractivity contribution < 1.29 is 56.3 Å². The van der Waals surface area contributed by atoms with E-state index in [9.17, 15) is 46.9 Å². The number of aliphatic hydroxyl groups is 4. The summed E-state index contributed by atoms with van der Waals surface area (Å²) < 4.78 is 71.9. The zero-order chi connectivity index (χ0) is 53.1. The molecule has 0 bridgehead atoms. The Hall–Kier alpha value is -7.72. The highest BCUT2D eigenvalue weighted by atomic mass is 32.2. The summed E-state index contributed by atoms with van der Waals surface area (Å²) in [4.78, 5) is 49.9. The van der Waals surface area contributed by atoms with Crippen molar-refractivity contribution in [2.75, 3.05) is 48.0 Å². The lowest BCUT2D eigenvalue weighted by molar-refractivity contribution is -0.0330. The zero-order valence-electron chi connectivity index (χ0n) is 39.1. The van der Waals surface area contributed by atoms with Crippen LogP contribution in [0.2, 0.25) is 0 Å². The molecule has 0 aliphatic carbocycles. The molecule has 392 valence electrons. The van der Waals surface area contributed by atoms with Crippen molar-refractivity contribution >= 4 is 89.2 Å². The zero-order valence-corrected chi connectivity index (χ0v) is 40.7. The van der Waals surface area contributed by atoms with Crippen molar-refractivity contribution in [1.29, 1.82) is 0 Å². The second kappa shape index (κ2) is 21.8. The first kappa shape index (κ1) is 52.6. The molecule has 16 N–H and O–H groups in total. The number of para-hydroxylation sites is 2. The highest BCUT2D eigenvalue weighted by Gasteiger charge is 2.46. The molecule has 2 fully saturated rings. The van der Waals surface area contributed by atoms with Gasteiger partial charge in [-0.15, -0.1) is 0 Å². The largest absolute Gasteiger partial charge is 0.398 e. The van der Waals surface area contributed by atoms with E-state index in [1.165, 1.54) is 58.4 Å². The molecule has 4 aromatic heterocycles. The number of fused-ring (bicyclic) bond motifs is 2. The van der Waals surface area contributed by atoms with Crippen LogP contribution in [0.5, 0.6) is 0 Å². The van der Waals surface area contributed by atoms with Crippen LogP contribution in [0.15, 0.2) is 91.8 Å². The average Bonchev–Trinajstić information content (AvgIpc) is 4.14. The first-order valence-electron chi connectivity index (χ1n) is 22.3. The summed E-state index contributed by atoms with van der Waals surface area (Å²) in [6.45, 7) is 1.16. The summed E-state index contributed by atoms with van der Waals surface area (Å²) in [6, 6.07) is 19.7. The van der Waals surface area contributed by atoms with E-state index in [0.717, 1.165) is 17.7 Å². The number of carbonyl (C=O) groups is 2. The number of nitrogens with zero attached hydrogens (tertiary/aromatic N) is 8. The maximum Gasteiger partial charge on any atom is 0.301 e. The smallest absolute Gasteiger partial charge is 0.301 e. The number of anilines is 6. The number of ether oxygens (including phenoxy) is 2. The minimum atomic E-state index is -4.37. The molecule has 2 aliphatic heterocycles. The van der Waals surface area contributed by atoms with Crippen LogP contribution in [0, 0.1) is 0 Å². The highest BCUT2D eigenvalue weighted by molar-refractivity contribution is 7.88.